The molecule has 0 aromatic heterocycles. The van der Waals surface area contributed by atoms with Gasteiger partial charge in [0, 0.05) is 14.3 Å². The maximum atomic E-state index is 13.8. The topological polar surface area (TPSA) is 92.1 Å². The summed E-state index contributed by atoms with van der Waals surface area (Å²) in [5.41, 5.74) is 7.93. The van der Waals surface area contributed by atoms with Crippen molar-refractivity contribution in [3.63, 3.8) is 0 Å². The van der Waals surface area contributed by atoms with Gasteiger partial charge in [-0.25, -0.2) is 4.39 Å². The van der Waals surface area contributed by atoms with E-state index in [2.05, 4.69) is 26.0 Å². The molecule has 2 unspecified atom stereocenters. The lowest BCUT2D eigenvalue weighted by atomic mass is 10.2. The Labute approximate surface area is 145 Å². The quantitative estimate of drug-likeness (QED) is 0.223. The first-order chi connectivity index (χ1) is 10.8. The molecule has 23 heavy (non-hydrogen) atoms. The summed E-state index contributed by atoms with van der Waals surface area (Å²) in [4.78, 5) is 26.3. The lowest BCUT2D eigenvalue weighted by molar-refractivity contribution is -0.147. The van der Waals surface area contributed by atoms with E-state index in [4.69, 9.17) is 10.3 Å². The minimum absolute atomic E-state index is 0.190. The van der Waals surface area contributed by atoms with Crippen LogP contribution < -0.4 is 0 Å². The Bertz CT molecular complexity index is 665. The zero-order chi connectivity index (χ0) is 17.6. The summed E-state index contributed by atoms with van der Waals surface area (Å²) in [6, 6.07) is 2.34. The van der Waals surface area contributed by atoms with Crippen molar-refractivity contribution in [2.24, 2.45) is 5.11 Å². The Morgan fingerprint density at radius 1 is 1.48 bits per heavy atom. The lowest BCUT2D eigenvalue weighted by Gasteiger charge is -2.16. The van der Waals surface area contributed by atoms with Crippen molar-refractivity contribution in [1.82, 2.24) is 0 Å². The number of azide groups is 1. The molecule has 9 heteroatoms. The van der Waals surface area contributed by atoms with Crippen LogP contribution in [-0.2, 0) is 9.53 Å². The van der Waals surface area contributed by atoms with E-state index in [9.17, 15) is 14.0 Å². The number of halogens is 2. The first-order valence-corrected chi connectivity index (χ1v) is 8.43. The molecule has 0 aliphatic carbocycles. The second-order valence-electron chi connectivity index (χ2n) is 4.67. The van der Waals surface area contributed by atoms with Crippen molar-refractivity contribution in [3.05, 3.63) is 38.4 Å². The smallest absolute Gasteiger partial charge is 0.319 e. The molecule has 0 saturated heterocycles. The number of rotatable bonds is 6. The average molecular weight is 404 g/mol. The predicted octanol–water partition coefficient (Wildman–Crippen LogP) is 4.86. The Hall–Kier alpha value is -1.57. The summed E-state index contributed by atoms with van der Waals surface area (Å²) in [6.07, 6.45) is 0.512. The largest absolute Gasteiger partial charge is 0.462 e. The van der Waals surface area contributed by atoms with E-state index in [1.54, 1.807) is 13.8 Å². The molecule has 0 heterocycles. The number of benzene rings is 1. The van der Waals surface area contributed by atoms with Gasteiger partial charge in [0.2, 0.25) is 0 Å². The number of amides is 1. The van der Waals surface area contributed by atoms with Crippen molar-refractivity contribution in [3.8, 4) is 0 Å². The summed E-state index contributed by atoms with van der Waals surface area (Å²) in [7, 11) is 0. The molecule has 0 spiro atoms. The normalized spacial score (nSPS) is 12.9. The third kappa shape index (κ3) is 5.53. The SMILES string of the molecule is CCC(C)OC(=O)C(C)Sc1cc(C(=O)N=[N+]=[N-])c(F)cc1Br. The fraction of sp³-hybridized carbons (Fsp3) is 0.429. The molecule has 0 aliphatic rings. The minimum atomic E-state index is -1.02. The highest BCUT2D eigenvalue weighted by Gasteiger charge is 2.21. The first kappa shape index (κ1) is 19.5. The average Bonchev–Trinajstić information content (AvgIpc) is 2.49. The van der Waals surface area contributed by atoms with E-state index in [1.807, 2.05) is 6.92 Å². The molecule has 1 aromatic rings. The van der Waals surface area contributed by atoms with Crippen molar-refractivity contribution in [2.45, 2.75) is 43.4 Å². The van der Waals surface area contributed by atoms with Gasteiger partial charge in [-0.1, -0.05) is 6.92 Å². The lowest BCUT2D eigenvalue weighted by Crippen LogP contribution is -2.22. The van der Waals surface area contributed by atoms with Crippen molar-refractivity contribution < 1.29 is 18.7 Å². The summed E-state index contributed by atoms with van der Waals surface area (Å²) in [5, 5.41) is 2.33. The van der Waals surface area contributed by atoms with Crippen LogP contribution in [0.3, 0.4) is 0 Å². The molecule has 124 valence electrons. The molecule has 0 fully saturated rings. The number of esters is 1. The van der Waals surface area contributed by atoms with Gasteiger partial charge in [0.05, 0.1) is 11.7 Å². The number of ether oxygens (including phenoxy) is 1. The number of carbonyl (C=O) groups excluding carboxylic acids is 2. The van der Waals surface area contributed by atoms with Crippen LogP contribution in [0.1, 0.15) is 37.6 Å². The van der Waals surface area contributed by atoms with Crippen molar-refractivity contribution >= 4 is 39.6 Å². The molecule has 1 aromatic carbocycles. The summed E-state index contributed by atoms with van der Waals surface area (Å²) < 4.78 is 19.4. The minimum Gasteiger partial charge on any atom is -0.462 e. The third-order valence-corrected chi connectivity index (χ3v) is 4.97. The van der Waals surface area contributed by atoms with Gasteiger partial charge < -0.3 is 4.74 Å². The maximum absolute atomic E-state index is 13.8. The fourth-order valence-corrected chi connectivity index (χ4v) is 2.98. The van der Waals surface area contributed by atoms with Crippen LogP contribution in [-0.4, -0.2) is 23.2 Å². The maximum Gasteiger partial charge on any atom is 0.319 e. The van der Waals surface area contributed by atoms with E-state index < -0.39 is 22.9 Å². The summed E-state index contributed by atoms with van der Waals surface area (Å²) in [6.45, 7) is 5.35. The van der Waals surface area contributed by atoms with Crippen LogP contribution >= 0.6 is 27.7 Å². The Kier molecular flexibility index (Phi) is 7.54. The monoisotopic (exact) mass is 403 g/mol. The molecule has 0 N–H and O–H groups in total. The second-order valence-corrected chi connectivity index (χ2v) is 6.91. The standard InChI is InChI=1S/C14H15BrFN3O3S/c1-4-7(2)22-14(21)8(3)23-12-5-9(13(20)18-19-17)11(16)6-10(12)15/h5-8H,4H2,1-3H3. The number of nitrogens with zero attached hydrogens (tertiary/aromatic N) is 3. The van der Waals surface area contributed by atoms with Gasteiger partial charge in [0.1, 0.15) is 11.1 Å². The third-order valence-electron chi connectivity index (χ3n) is 2.92. The van der Waals surface area contributed by atoms with Crippen LogP contribution in [0.15, 0.2) is 26.6 Å². The molecule has 0 aliphatic heterocycles. The molecule has 2 atom stereocenters. The first-order valence-electron chi connectivity index (χ1n) is 6.75. The highest BCUT2D eigenvalue weighted by molar-refractivity contribution is 9.10. The molecular weight excluding hydrogens is 389 g/mol. The van der Waals surface area contributed by atoms with E-state index in [0.717, 1.165) is 17.8 Å². The summed E-state index contributed by atoms with van der Waals surface area (Å²) >= 11 is 4.30. The van der Waals surface area contributed by atoms with Crippen LogP contribution in [0, 0.1) is 5.82 Å². The van der Waals surface area contributed by atoms with E-state index >= 15 is 0 Å². The van der Waals surface area contributed by atoms with Crippen molar-refractivity contribution in [2.75, 3.05) is 0 Å². The van der Waals surface area contributed by atoms with E-state index in [1.165, 1.54) is 6.07 Å². The van der Waals surface area contributed by atoms with E-state index in [0.29, 0.717) is 15.8 Å². The van der Waals surface area contributed by atoms with Gasteiger partial charge in [-0.05, 0) is 59.0 Å². The molecule has 0 saturated carbocycles. The Morgan fingerprint density at radius 3 is 2.70 bits per heavy atom. The van der Waals surface area contributed by atoms with Crippen LogP contribution in [0.5, 0.6) is 0 Å². The van der Waals surface area contributed by atoms with Crippen LogP contribution in [0.4, 0.5) is 4.39 Å². The number of carbonyl (C=O) groups is 2. The molecular formula is C14H15BrFN3O3S. The molecule has 0 bridgehead atoms. The highest BCUT2D eigenvalue weighted by Crippen LogP contribution is 2.33. The second kappa shape index (κ2) is 8.90. The number of hydrogen-bond donors (Lipinski definition) is 0. The van der Waals surface area contributed by atoms with Gasteiger partial charge in [-0.3, -0.25) is 9.59 Å². The molecule has 6 nitrogen and oxygen atoms in total. The number of thioether (sulfide) groups is 1. The molecule has 1 rings (SSSR count). The fourth-order valence-electron chi connectivity index (χ4n) is 1.49. The predicted molar refractivity (Wildman–Crippen MR) is 88.7 cm³/mol. The molecule has 1 amide bonds. The van der Waals surface area contributed by atoms with Crippen LogP contribution in [0.25, 0.3) is 10.4 Å². The zero-order valence-electron chi connectivity index (χ0n) is 12.7. The van der Waals surface area contributed by atoms with Crippen molar-refractivity contribution in [1.29, 1.82) is 0 Å². The van der Waals surface area contributed by atoms with Gasteiger partial charge in [0.25, 0.3) is 5.91 Å². The van der Waals surface area contributed by atoms with Crippen LogP contribution in [0.2, 0.25) is 0 Å². The zero-order valence-corrected chi connectivity index (χ0v) is 15.1. The van der Waals surface area contributed by atoms with Gasteiger partial charge in [0.15, 0.2) is 0 Å². The molecule has 0 radical (unpaired) electrons. The Balaban J connectivity index is 3.00. The van der Waals surface area contributed by atoms with E-state index in [-0.39, 0.29) is 11.7 Å². The van der Waals surface area contributed by atoms with Gasteiger partial charge in [-0.15, -0.1) is 11.8 Å². The van der Waals surface area contributed by atoms with Gasteiger partial charge in [-0.2, -0.15) is 0 Å². The number of hydrogen-bond acceptors (Lipinski definition) is 4. The highest BCUT2D eigenvalue weighted by atomic mass is 79.9. The summed E-state index contributed by atoms with van der Waals surface area (Å²) in [5.74, 6) is -2.23. The van der Waals surface area contributed by atoms with Gasteiger partial charge >= 0.3 is 5.97 Å². The Morgan fingerprint density at radius 2 is 2.13 bits per heavy atom.